The number of nitrogens with one attached hydrogen (secondary N) is 1. The monoisotopic (exact) mass is 289 g/mol. The van der Waals surface area contributed by atoms with Gasteiger partial charge < -0.3 is 5.32 Å². The quantitative estimate of drug-likeness (QED) is 0.674. The number of carbonyl (C=O) groups excluding carboxylic acids is 1. The van der Waals surface area contributed by atoms with E-state index in [0.717, 1.165) is 17.8 Å². The molecule has 21 heavy (non-hydrogen) atoms. The summed E-state index contributed by atoms with van der Waals surface area (Å²) >= 11 is 0. The molecule has 2 rings (SSSR count). The van der Waals surface area contributed by atoms with Crippen LogP contribution in [0.25, 0.3) is 0 Å². The molecule has 1 heterocycles. The van der Waals surface area contributed by atoms with Crippen molar-refractivity contribution in [3.63, 3.8) is 0 Å². The predicted molar refractivity (Wildman–Crippen MR) is 73.3 cm³/mol. The number of carbonyl (C=O) groups is 1. The molecule has 0 aliphatic carbocycles. The molecule has 1 aromatic heterocycles. The molecule has 0 aliphatic rings. The van der Waals surface area contributed by atoms with Crippen molar-refractivity contribution in [2.45, 2.75) is 6.42 Å². The van der Waals surface area contributed by atoms with E-state index in [1.807, 2.05) is 12.1 Å². The van der Waals surface area contributed by atoms with E-state index in [2.05, 4.69) is 10.3 Å². The molecule has 0 atom stereocenters. The first-order valence-corrected chi connectivity index (χ1v) is 6.20. The fourth-order valence-electron chi connectivity index (χ4n) is 1.75. The first-order chi connectivity index (χ1) is 10.1. The van der Waals surface area contributed by atoms with Gasteiger partial charge in [0.2, 0.25) is 5.82 Å². The third kappa shape index (κ3) is 3.82. The largest absolute Gasteiger partial charge is 0.352 e. The molecule has 0 bridgehead atoms. The molecule has 108 valence electrons. The molecule has 2 aromatic rings. The Balaban J connectivity index is 1.97. The van der Waals surface area contributed by atoms with Crippen LogP contribution < -0.4 is 5.32 Å². The Kier molecular flexibility index (Phi) is 4.55. The van der Waals surface area contributed by atoms with E-state index in [9.17, 15) is 19.3 Å². The maximum Gasteiger partial charge on any atom is 0.305 e. The number of pyridine rings is 1. The standard InChI is InChI=1S/C14H12FN3O3/c15-12-5-4-10(9-13(12)18(20)21)14(19)17-8-6-11-3-1-2-7-16-11/h1-5,7,9H,6,8H2,(H,17,19). The Labute approximate surface area is 119 Å². The number of halogens is 1. The zero-order chi connectivity index (χ0) is 15.2. The van der Waals surface area contributed by atoms with Gasteiger partial charge in [0, 0.05) is 36.5 Å². The maximum atomic E-state index is 13.2. The van der Waals surface area contributed by atoms with Crippen LogP contribution >= 0.6 is 0 Å². The summed E-state index contributed by atoms with van der Waals surface area (Å²) in [7, 11) is 0. The van der Waals surface area contributed by atoms with Gasteiger partial charge in [-0.3, -0.25) is 19.9 Å². The fraction of sp³-hybridized carbons (Fsp3) is 0.143. The minimum atomic E-state index is -0.968. The number of nitro groups is 1. The van der Waals surface area contributed by atoms with Crippen LogP contribution in [0.1, 0.15) is 16.1 Å². The number of aromatic nitrogens is 1. The zero-order valence-electron chi connectivity index (χ0n) is 11.0. The summed E-state index contributed by atoms with van der Waals surface area (Å²) in [5.74, 6) is -1.46. The van der Waals surface area contributed by atoms with Gasteiger partial charge in [0.25, 0.3) is 5.91 Å². The average molecular weight is 289 g/mol. The first-order valence-electron chi connectivity index (χ1n) is 6.20. The maximum absolute atomic E-state index is 13.2. The van der Waals surface area contributed by atoms with Crippen LogP contribution in [0.4, 0.5) is 10.1 Å². The second-order valence-corrected chi connectivity index (χ2v) is 4.25. The van der Waals surface area contributed by atoms with Gasteiger partial charge in [-0.2, -0.15) is 4.39 Å². The SMILES string of the molecule is O=C(NCCc1ccccn1)c1ccc(F)c([N+](=O)[O-])c1. The van der Waals surface area contributed by atoms with Crippen molar-refractivity contribution < 1.29 is 14.1 Å². The van der Waals surface area contributed by atoms with Gasteiger partial charge in [-0.15, -0.1) is 0 Å². The molecule has 0 fully saturated rings. The van der Waals surface area contributed by atoms with Crippen molar-refractivity contribution in [3.05, 3.63) is 69.8 Å². The Hall–Kier alpha value is -2.83. The molecule has 1 aromatic carbocycles. The van der Waals surface area contributed by atoms with E-state index < -0.39 is 22.3 Å². The predicted octanol–water partition coefficient (Wildman–Crippen LogP) is 2.10. The highest BCUT2D eigenvalue weighted by molar-refractivity contribution is 5.94. The molecule has 0 unspecified atom stereocenters. The molecule has 0 saturated carbocycles. The molecule has 0 spiro atoms. The van der Waals surface area contributed by atoms with Gasteiger partial charge in [0.05, 0.1) is 4.92 Å². The highest BCUT2D eigenvalue weighted by atomic mass is 19.1. The van der Waals surface area contributed by atoms with Gasteiger partial charge in [-0.1, -0.05) is 6.07 Å². The van der Waals surface area contributed by atoms with Crippen molar-refractivity contribution >= 4 is 11.6 Å². The van der Waals surface area contributed by atoms with Gasteiger partial charge in [-0.25, -0.2) is 0 Å². The van der Waals surface area contributed by atoms with Crippen molar-refractivity contribution in [2.24, 2.45) is 0 Å². The molecule has 0 aliphatic heterocycles. The fourth-order valence-corrected chi connectivity index (χ4v) is 1.75. The van der Waals surface area contributed by atoms with Crippen LogP contribution in [-0.2, 0) is 6.42 Å². The minimum Gasteiger partial charge on any atom is -0.352 e. The molecule has 6 nitrogen and oxygen atoms in total. The van der Waals surface area contributed by atoms with E-state index in [4.69, 9.17) is 0 Å². The third-order valence-corrected chi connectivity index (χ3v) is 2.80. The number of benzene rings is 1. The van der Waals surface area contributed by atoms with E-state index in [0.29, 0.717) is 13.0 Å². The molecular formula is C14H12FN3O3. The lowest BCUT2D eigenvalue weighted by Crippen LogP contribution is -2.26. The van der Waals surface area contributed by atoms with Crippen LogP contribution in [-0.4, -0.2) is 22.4 Å². The van der Waals surface area contributed by atoms with Crippen molar-refractivity contribution in [1.82, 2.24) is 10.3 Å². The van der Waals surface area contributed by atoms with Crippen LogP contribution in [0, 0.1) is 15.9 Å². The van der Waals surface area contributed by atoms with Crippen LogP contribution in [0.2, 0.25) is 0 Å². The Morgan fingerprint density at radius 1 is 1.33 bits per heavy atom. The van der Waals surface area contributed by atoms with Gasteiger partial charge in [-0.05, 0) is 24.3 Å². The molecule has 1 N–H and O–H groups in total. The molecular weight excluding hydrogens is 277 g/mol. The summed E-state index contributed by atoms with van der Waals surface area (Å²) in [6.45, 7) is 0.334. The normalized spacial score (nSPS) is 10.1. The summed E-state index contributed by atoms with van der Waals surface area (Å²) in [5.41, 5.74) is 0.152. The summed E-state index contributed by atoms with van der Waals surface area (Å²) < 4.78 is 13.2. The van der Waals surface area contributed by atoms with Crippen molar-refractivity contribution in [1.29, 1.82) is 0 Å². The Morgan fingerprint density at radius 2 is 2.14 bits per heavy atom. The van der Waals surface area contributed by atoms with Crippen molar-refractivity contribution in [3.8, 4) is 0 Å². The third-order valence-electron chi connectivity index (χ3n) is 2.80. The first kappa shape index (κ1) is 14.6. The van der Waals surface area contributed by atoms with Crippen LogP contribution in [0.3, 0.4) is 0 Å². The summed E-state index contributed by atoms with van der Waals surface area (Å²) in [5, 5.41) is 13.2. The van der Waals surface area contributed by atoms with Crippen LogP contribution in [0.15, 0.2) is 42.6 Å². The number of hydrogen-bond acceptors (Lipinski definition) is 4. The minimum absolute atomic E-state index is 0.0455. The lowest BCUT2D eigenvalue weighted by atomic mass is 10.1. The highest BCUT2D eigenvalue weighted by Gasteiger charge is 2.17. The number of hydrogen-bond donors (Lipinski definition) is 1. The number of rotatable bonds is 5. The number of nitro benzene ring substituents is 1. The lowest BCUT2D eigenvalue weighted by Gasteiger charge is -2.05. The van der Waals surface area contributed by atoms with Gasteiger partial charge >= 0.3 is 5.69 Å². The van der Waals surface area contributed by atoms with Gasteiger partial charge in [0.1, 0.15) is 0 Å². The molecule has 1 amide bonds. The molecule has 0 saturated heterocycles. The van der Waals surface area contributed by atoms with Crippen LogP contribution in [0.5, 0.6) is 0 Å². The summed E-state index contributed by atoms with van der Waals surface area (Å²) in [6, 6.07) is 8.50. The smallest absolute Gasteiger partial charge is 0.305 e. The zero-order valence-corrected chi connectivity index (χ0v) is 11.0. The van der Waals surface area contributed by atoms with E-state index in [1.54, 1.807) is 12.3 Å². The molecule has 7 heteroatoms. The second kappa shape index (κ2) is 6.56. The average Bonchev–Trinajstić information content (AvgIpc) is 2.48. The Bertz CT molecular complexity index is 662. The summed E-state index contributed by atoms with van der Waals surface area (Å²) in [4.78, 5) is 25.7. The van der Waals surface area contributed by atoms with Gasteiger partial charge in [0.15, 0.2) is 0 Å². The lowest BCUT2D eigenvalue weighted by molar-refractivity contribution is -0.387. The van der Waals surface area contributed by atoms with E-state index in [-0.39, 0.29) is 5.56 Å². The molecule has 0 radical (unpaired) electrons. The Morgan fingerprint density at radius 3 is 2.81 bits per heavy atom. The van der Waals surface area contributed by atoms with E-state index >= 15 is 0 Å². The second-order valence-electron chi connectivity index (χ2n) is 4.25. The summed E-state index contributed by atoms with van der Waals surface area (Å²) in [6.07, 6.45) is 2.19. The van der Waals surface area contributed by atoms with E-state index in [1.165, 1.54) is 6.07 Å². The van der Waals surface area contributed by atoms with Crippen molar-refractivity contribution in [2.75, 3.05) is 6.54 Å². The number of amides is 1. The topological polar surface area (TPSA) is 85.1 Å². The highest BCUT2D eigenvalue weighted by Crippen LogP contribution is 2.18. The number of nitrogens with zero attached hydrogens (tertiary/aromatic N) is 2.